The van der Waals surface area contributed by atoms with Crippen molar-refractivity contribution >= 4 is 34.5 Å². The number of primary amides is 1. The zero-order valence-electron chi connectivity index (χ0n) is 18.6. The molecule has 3 amide bonds. The van der Waals surface area contributed by atoms with Crippen LogP contribution in [0.25, 0.3) is 16.7 Å². The van der Waals surface area contributed by atoms with E-state index >= 15 is 0 Å². The lowest BCUT2D eigenvalue weighted by Crippen LogP contribution is -2.29. The fourth-order valence-corrected chi connectivity index (χ4v) is 3.75. The summed E-state index contributed by atoms with van der Waals surface area (Å²) in [5.41, 5.74) is 8.33. The number of carbonyl (C=O) groups excluding carboxylic acids is 3. The van der Waals surface area contributed by atoms with Gasteiger partial charge in [-0.25, -0.2) is 14.3 Å². The van der Waals surface area contributed by atoms with Crippen molar-refractivity contribution in [3.05, 3.63) is 99.4 Å². The van der Waals surface area contributed by atoms with E-state index in [9.17, 15) is 19.2 Å². The molecule has 12 heteroatoms. The van der Waals surface area contributed by atoms with Gasteiger partial charge in [0.15, 0.2) is 11.2 Å². The molecule has 0 bridgehead atoms. The molecule has 3 aromatic heterocycles. The van der Waals surface area contributed by atoms with Gasteiger partial charge in [0.1, 0.15) is 11.4 Å². The number of nitrogens with two attached hydrogens (primary N) is 1. The fourth-order valence-electron chi connectivity index (χ4n) is 3.75. The number of nitrogens with one attached hydrogen (secondary N) is 3. The van der Waals surface area contributed by atoms with Gasteiger partial charge in [0.05, 0.1) is 11.7 Å². The molecule has 0 unspecified atom stereocenters. The van der Waals surface area contributed by atoms with Crippen LogP contribution in [0, 0.1) is 0 Å². The zero-order valence-corrected chi connectivity index (χ0v) is 18.6. The van der Waals surface area contributed by atoms with Crippen molar-refractivity contribution in [2.24, 2.45) is 5.73 Å². The lowest BCUT2D eigenvalue weighted by molar-refractivity contribution is 0.0937. The molecule has 0 radical (unpaired) electrons. The summed E-state index contributed by atoms with van der Waals surface area (Å²) in [6.45, 7) is 0.197. The van der Waals surface area contributed by atoms with Gasteiger partial charge in [0.2, 0.25) is 5.91 Å². The van der Waals surface area contributed by atoms with Crippen LogP contribution >= 0.6 is 0 Å². The van der Waals surface area contributed by atoms with Crippen molar-refractivity contribution in [2.45, 2.75) is 13.1 Å². The topological polar surface area (TPSA) is 177 Å². The molecule has 5 N–H and O–H groups in total. The molecule has 0 aliphatic carbocycles. The van der Waals surface area contributed by atoms with Crippen molar-refractivity contribution in [2.75, 3.05) is 0 Å². The number of rotatable bonds is 7. The maximum atomic E-state index is 13.0. The number of benzene rings is 2. The number of oxazole rings is 1. The molecule has 0 spiro atoms. The Kier molecular flexibility index (Phi) is 5.74. The zero-order chi connectivity index (χ0) is 25.2. The maximum absolute atomic E-state index is 13.0. The van der Waals surface area contributed by atoms with Crippen LogP contribution in [0.3, 0.4) is 0 Å². The smallest absolute Gasteiger partial charge is 0.408 e. The van der Waals surface area contributed by atoms with Gasteiger partial charge in [0, 0.05) is 30.8 Å². The SMILES string of the molecule is NC(=O)c1ccccc1CNC(=O)c1cc(C(=O)NCc2ccc3oc(=O)[nH]c3c2)nc2ccnn12. The van der Waals surface area contributed by atoms with Gasteiger partial charge in [-0.1, -0.05) is 24.3 Å². The van der Waals surface area contributed by atoms with Crippen LogP contribution in [-0.4, -0.2) is 37.3 Å². The Morgan fingerprint density at radius 2 is 1.81 bits per heavy atom. The van der Waals surface area contributed by atoms with E-state index in [1.807, 2.05) is 0 Å². The minimum absolute atomic E-state index is 0.0171. The van der Waals surface area contributed by atoms with Gasteiger partial charge < -0.3 is 20.8 Å². The van der Waals surface area contributed by atoms with E-state index in [-0.39, 0.29) is 24.5 Å². The Morgan fingerprint density at radius 1 is 1.00 bits per heavy atom. The third kappa shape index (κ3) is 4.42. The van der Waals surface area contributed by atoms with E-state index in [1.165, 1.54) is 16.8 Å². The van der Waals surface area contributed by atoms with E-state index < -0.39 is 23.5 Å². The minimum atomic E-state index is -0.601. The molecular weight excluding hydrogens is 466 g/mol. The molecule has 0 aliphatic heterocycles. The van der Waals surface area contributed by atoms with Crippen LogP contribution in [0.4, 0.5) is 0 Å². The summed E-state index contributed by atoms with van der Waals surface area (Å²) < 4.78 is 6.29. The van der Waals surface area contributed by atoms with Gasteiger partial charge in [-0.15, -0.1) is 0 Å². The third-order valence-corrected chi connectivity index (χ3v) is 5.48. The van der Waals surface area contributed by atoms with E-state index in [2.05, 4.69) is 25.7 Å². The number of fused-ring (bicyclic) bond motifs is 2. The van der Waals surface area contributed by atoms with Crippen LogP contribution in [0.1, 0.15) is 42.5 Å². The number of H-pyrrole nitrogens is 1. The van der Waals surface area contributed by atoms with Crippen LogP contribution in [0.2, 0.25) is 0 Å². The van der Waals surface area contributed by atoms with Crippen molar-refractivity contribution in [1.82, 2.24) is 30.2 Å². The molecule has 0 saturated heterocycles. The van der Waals surface area contributed by atoms with Crippen molar-refractivity contribution in [3.8, 4) is 0 Å². The first-order valence-corrected chi connectivity index (χ1v) is 10.8. The molecular formula is C24H19N7O5. The highest BCUT2D eigenvalue weighted by Crippen LogP contribution is 2.13. The van der Waals surface area contributed by atoms with Gasteiger partial charge in [-0.05, 0) is 29.3 Å². The molecule has 5 rings (SSSR count). The Morgan fingerprint density at radius 3 is 2.64 bits per heavy atom. The highest BCUT2D eigenvalue weighted by molar-refractivity contribution is 5.98. The molecule has 180 valence electrons. The Hall–Kier alpha value is -5.26. The van der Waals surface area contributed by atoms with Crippen LogP contribution in [0.15, 0.2) is 70.0 Å². The number of aromatic amines is 1. The monoisotopic (exact) mass is 485 g/mol. The maximum Gasteiger partial charge on any atom is 0.417 e. The molecule has 36 heavy (non-hydrogen) atoms. The summed E-state index contributed by atoms with van der Waals surface area (Å²) in [7, 11) is 0. The van der Waals surface area contributed by atoms with Crippen LogP contribution in [-0.2, 0) is 13.1 Å². The first-order valence-electron chi connectivity index (χ1n) is 10.8. The summed E-state index contributed by atoms with van der Waals surface area (Å²) in [4.78, 5) is 55.7. The predicted molar refractivity (Wildman–Crippen MR) is 127 cm³/mol. The molecule has 0 saturated carbocycles. The molecule has 5 aromatic rings. The largest absolute Gasteiger partial charge is 0.417 e. The number of hydrogen-bond donors (Lipinski definition) is 4. The van der Waals surface area contributed by atoms with Gasteiger partial charge in [0.25, 0.3) is 11.8 Å². The molecule has 2 aromatic carbocycles. The Labute approximate surface area is 202 Å². The average molecular weight is 485 g/mol. The molecule has 3 heterocycles. The second-order valence-corrected chi connectivity index (χ2v) is 7.86. The number of aromatic nitrogens is 4. The van der Waals surface area contributed by atoms with E-state index in [1.54, 1.807) is 48.5 Å². The number of carbonyl (C=O) groups is 3. The second kappa shape index (κ2) is 9.18. The number of nitrogens with zero attached hydrogens (tertiary/aromatic N) is 3. The van der Waals surface area contributed by atoms with E-state index in [0.29, 0.717) is 27.9 Å². The normalized spacial score (nSPS) is 11.0. The molecule has 0 atom stereocenters. The molecule has 0 fully saturated rings. The fraction of sp³-hybridized carbons (Fsp3) is 0.0833. The van der Waals surface area contributed by atoms with E-state index in [0.717, 1.165) is 5.56 Å². The Balaban J connectivity index is 1.34. The second-order valence-electron chi connectivity index (χ2n) is 7.86. The molecule has 0 aliphatic rings. The van der Waals surface area contributed by atoms with Crippen molar-refractivity contribution < 1.29 is 18.8 Å². The third-order valence-electron chi connectivity index (χ3n) is 5.48. The van der Waals surface area contributed by atoms with Gasteiger partial charge in [-0.2, -0.15) is 5.10 Å². The first-order chi connectivity index (χ1) is 17.4. The Bertz CT molecular complexity index is 1700. The number of amides is 3. The number of hydrogen-bond acceptors (Lipinski definition) is 7. The minimum Gasteiger partial charge on any atom is -0.408 e. The van der Waals surface area contributed by atoms with Crippen LogP contribution in [0.5, 0.6) is 0 Å². The first kappa shape index (κ1) is 22.5. The quantitative estimate of drug-likeness (QED) is 0.267. The van der Waals surface area contributed by atoms with Gasteiger partial charge >= 0.3 is 5.76 Å². The summed E-state index contributed by atoms with van der Waals surface area (Å²) in [5.74, 6) is -2.19. The summed E-state index contributed by atoms with van der Waals surface area (Å²) in [6, 6.07) is 14.6. The lowest BCUT2D eigenvalue weighted by Gasteiger charge is -2.11. The van der Waals surface area contributed by atoms with Crippen molar-refractivity contribution in [1.29, 1.82) is 0 Å². The standard InChI is InChI=1S/C24H19N7O5/c25-21(32)15-4-2-1-3-14(15)12-27-23(34)18-10-17(29-20-7-8-28-31(18)20)22(33)26-11-13-5-6-19-16(9-13)30-24(35)36-19/h1-10H,11-12H2,(H2,25,32)(H,26,33)(H,27,34)(H,30,35). The molecule has 12 nitrogen and oxygen atoms in total. The van der Waals surface area contributed by atoms with Crippen molar-refractivity contribution in [3.63, 3.8) is 0 Å². The van der Waals surface area contributed by atoms with Gasteiger partial charge in [-0.3, -0.25) is 19.4 Å². The highest BCUT2D eigenvalue weighted by atomic mass is 16.4. The van der Waals surface area contributed by atoms with Crippen LogP contribution < -0.4 is 22.1 Å². The lowest BCUT2D eigenvalue weighted by atomic mass is 10.1. The van der Waals surface area contributed by atoms with E-state index in [4.69, 9.17) is 10.2 Å². The average Bonchev–Trinajstić information content (AvgIpc) is 3.50. The highest BCUT2D eigenvalue weighted by Gasteiger charge is 2.18. The summed E-state index contributed by atoms with van der Waals surface area (Å²) >= 11 is 0. The predicted octanol–water partition coefficient (Wildman–Crippen LogP) is 1.12. The summed E-state index contributed by atoms with van der Waals surface area (Å²) in [6.07, 6.45) is 1.46. The summed E-state index contributed by atoms with van der Waals surface area (Å²) in [5, 5.41) is 9.60.